The van der Waals surface area contributed by atoms with Gasteiger partial charge in [-0.2, -0.15) is 0 Å². The van der Waals surface area contributed by atoms with E-state index in [-0.39, 0.29) is 47.7 Å². The highest BCUT2D eigenvalue weighted by molar-refractivity contribution is 6.03. The van der Waals surface area contributed by atoms with Gasteiger partial charge in [0, 0.05) is 5.69 Å². The molecule has 1 aliphatic heterocycles. The summed E-state index contributed by atoms with van der Waals surface area (Å²) >= 11 is 0. The van der Waals surface area contributed by atoms with E-state index in [4.69, 9.17) is 0 Å². The lowest BCUT2D eigenvalue weighted by atomic mass is 9.78. The lowest BCUT2D eigenvalue weighted by Gasteiger charge is -2.48. The molecule has 31 heavy (non-hydrogen) atoms. The molecule has 4 rings (SSSR count). The SMILES string of the molecule is Cl.O=C1[C@H](CCC(O)c2ccc(F)cc2)[C@@H](c2ccc(O)cc2)N1c1ccc(F)cc1. The zero-order valence-corrected chi connectivity index (χ0v) is 17.3. The first-order valence-corrected chi connectivity index (χ1v) is 9.75. The number of aliphatic hydroxyl groups is 1. The van der Waals surface area contributed by atoms with Crippen LogP contribution in [0.1, 0.15) is 36.1 Å². The minimum Gasteiger partial charge on any atom is -0.508 e. The largest absolute Gasteiger partial charge is 0.508 e. The van der Waals surface area contributed by atoms with Crippen LogP contribution in [0, 0.1) is 17.6 Å². The van der Waals surface area contributed by atoms with Crippen molar-refractivity contribution in [1.29, 1.82) is 0 Å². The third kappa shape index (κ3) is 4.70. The first kappa shape index (κ1) is 22.7. The van der Waals surface area contributed by atoms with E-state index in [0.717, 1.165) is 5.56 Å². The van der Waals surface area contributed by atoms with Gasteiger partial charge < -0.3 is 15.1 Å². The van der Waals surface area contributed by atoms with E-state index in [0.29, 0.717) is 24.1 Å². The molecule has 0 saturated carbocycles. The molecule has 1 amide bonds. The maximum atomic E-state index is 13.3. The molecule has 3 aromatic carbocycles. The third-order valence-corrected chi connectivity index (χ3v) is 5.56. The molecule has 3 atom stereocenters. The van der Waals surface area contributed by atoms with Crippen LogP contribution in [0.4, 0.5) is 14.5 Å². The van der Waals surface area contributed by atoms with Crippen LogP contribution in [0.2, 0.25) is 0 Å². The molecule has 2 N–H and O–H groups in total. The molecule has 1 heterocycles. The lowest BCUT2D eigenvalue weighted by Crippen LogP contribution is -2.55. The Bertz CT molecular complexity index is 1030. The molecular weight excluding hydrogens is 424 g/mol. The average molecular weight is 446 g/mol. The van der Waals surface area contributed by atoms with Crippen molar-refractivity contribution in [2.75, 3.05) is 4.90 Å². The first-order chi connectivity index (χ1) is 14.4. The Balaban J connectivity index is 0.00000272. The van der Waals surface area contributed by atoms with Gasteiger partial charge in [0.05, 0.1) is 18.1 Å². The third-order valence-electron chi connectivity index (χ3n) is 5.56. The van der Waals surface area contributed by atoms with Gasteiger partial charge in [-0.25, -0.2) is 8.78 Å². The molecular formula is C24H22ClF2NO3. The van der Waals surface area contributed by atoms with E-state index in [9.17, 15) is 23.8 Å². The van der Waals surface area contributed by atoms with Gasteiger partial charge in [-0.15, -0.1) is 12.4 Å². The quantitative estimate of drug-likeness (QED) is 0.505. The predicted molar refractivity (Wildman–Crippen MR) is 116 cm³/mol. The number of benzene rings is 3. The van der Waals surface area contributed by atoms with E-state index < -0.39 is 6.10 Å². The molecule has 3 aromatic rings. The number of hydrogen-bond donors (Lipinski definition) is 2. The fourth-order valence-electron chi connectivity index (χ4n) is 3.96. The molecule has 0 spiro atoms. The van der Waals surface area contributed by atoms with Crippen LogP contribution < -0.4 is 4.90 Å². The van der Waals surface area contributed by atoms with E-state index >= 15 is 0 Å². The summed E-state index contributed by atoms with van der Waals surface area (Å²) in [7, 11) is 0. The normalized spacial score (nSPS) is 18.8. The van der Waals surface area contributed by atoms with Crippen molar-refractivity contribution in [3.05, 3.63) is 95.6 Å². The number of halogens is 3. The summed E-state index contributed by atoms with van der Waals surface area (Å²) in [6.45, 7) is 0. The number of carbonyl (C=O) groups excluding carboxylic acids is 1. The first-order valence-electron chi connectivity index (χ1n) is 9.75. The Hall–Kier alpha value is -2.96. The van der Waals surface area contributed by atoms with Crippen LogP contribution in [0.5, 0.6) is 5.75 Å². The van der Waals surface area contributed by atoms with Gasteiger partial charge in [0.2, 0.25) is 5.91 Å². The number of aliphatic hydroxyl groups excluding tert-OH is 1. The smallest absolute Gasteiger partial charge is 0.233 e. The molecule has 1 unspecified atom stereocenters. The fraction of sp³-hybridized carbons (Fsp3) is 0.208. The minimum absolute atomic E-state index is 0. The van der Waals surface area contributed by atoms with Crippen molar-refractivity contribution in [1.82, 2.24) is 0 Å². The molecule has 1 saturated heterocycles. The topological polar surface area (TPSA) is 60.8 Å². The zero-order valence-electron chi connectivity index (χ0n) is 16.5. The number of nitrogens with zero attached hydrogens (tertiary/aromatic N) is 1. The van der Waals surface area contributed by atoms with Crippen LogP contribution in [-0.4, -0.2) is 16.1 Å². The van der Waals surface area contributed by atoms with Crippen molar-refractivity contribution >= 4 is 24.0 Å². The number of carbonyl (C=O) groups is 1. The second-order valence-corrected chi connectivity index (χ2v) is 7.47. The van der Waals surface area contributed by atoms with Gasteiger partial charge in [0.1, 0.15) is 17.4 Å². The van der Waals surface area contributed by atoms with Gasteiger partial charge in [-0.1, -0.05) is 24.3 Å². The predicted octanol–water partition coefficient (Wildman–Crippen LogP) is 5.31. The molecule has 0 aliphatic carbocycles. The van der Waals surface area contributed by atoms with Crippen molar-refractivity contribution in [3.8, 4) is 5.75 Å². The second-order valence-electron chi connectivity index (χ2n) is 7.47. The van der Waals surface area contributed by atoms with Gasteiger partial charge >= 0.3 is 0 Å². The molecule has 4 nitrogen and oxygen atoms in total. The van der Waals surface area contributed by atoms with Gasteiger partial charge in [0.15, 0.2) is 0 Å². The number of phenolic OH excluding ortho intramolecular Hbond substituents is 1. The number of anilines is 1. The van der Waals surface area contributed by atoms with Crippen LogP contribution in [0.3, 0.4) is 0 Å². The Morgan fingerprint density at radius 3 is 2.00 bits per heavy atom. The Morgan fingerprint density at radius 1 is 0.871 bits per heavy atom. The highest BCUT2D eigenvalue weighted by Crippen LogP contribution is 2.46. The van der Waals surface area contributed by atoms with E-state index in [1.54, 1.807) is 41.3 Å². The number of amides is 1. The molecule has 0 aromatic heterocycles. The van der Waals surface area contributed by atoms with Crippen molar-refractivity contribution < 1.29 is 23.8 Å². The van der Waals surface area contributed by atoms with Crippen molar-refractivity contribution in [2.24, 2.45) is 5.92 Å². The second kappa shape index (κ2) is 9.45. The van der Waals surface area contributed by atoms with E-state index in [1.807, 2.05) is 0 Å². The van der Waals surface area contributed by atoms with Crippen LogP contribution >= 0.6 is 12.4 Å². The summed E-state index contributed by atoms with van der Waals surface area (Å²) in [6, 6.07) is 17.7. The van der Waals surface area contributed by atoms with Gasteiger partial charge in [-0.05, 0) is 72.5 Å². The maximum Gasteiger partial charge on any atom is 0.233 e. The fourth-order valence-corrected chi connectivity index (χ4v) is 3.96. The summed E-state index contributed by atoms with van der Waals surface area (Å²) in [6.07, 6.45) is -0.0344. The summed E-state index contributed by atoms with van der Waals surface area (Å²) in [4.78, 5) is 14.6. The number of β-lactam (4-membered cyclic amide) rings is 1. The molecule has 0 bridgehead atoms. The molecule has 162 valence electrons. The minimum atomic E-state index is -0.807. The standard InChI is InChI=1S/C24H21F2NO3.ClH/c25-17-5-1-15(2-6-17)22(29)14-13-21-23(16-3-11-20(28)12-4-16)27(24(21)30)19-9-7-18(26)8-10-19;/h1-12,21-23,28-29H,13-14H2;1H/t21-,22?,23-;/m1./s1. The van der Waals surface area contributed by atoms with E-state index in [2.05, 4.69) is 0 Å². The zero-order chi connectivity index (χ0) is 21.3. The molecule has 1 aliphatic rings. The van der Waals surface area contributed by atoms with Crippen LogP contribution in [0.25, 0.3) is 0 Å². The summed E-state index contributed by atoms with van der Waals surface area (Å²) < 4.78 is 26.4. The number of rotatable bonds is 6. The highest BCUT2D eigenvalue weighted by Gasteiger charge is 2.48. The van der Waals surface area contributed by atoms with Gasteiger partial charge in [-0.3, -0.25) is 4.79 Å². The van der Waals surface area contributed by atoms with E-state index in [1.165, 1.54) is 36.4 Å². The highest BCUT2D eigenvalue weighted by atomic mass is 35.5. The molecule has 0 radical (unpaired) electrons. The Morgan fingerprint density at radius 2 is 1.42 bits per heavy atom. The van der Waals surface area contributed by atoms with Crippen molar-refractivity contribution in [2.45, 2.75) is 25.0 Å². The summed E-state index contributed by atoms with van der Waals surface area (Å²) in [5.74, 6) is -1.10. The number of phenols is 1. The van der Waals surface area contributed by atoms with Crippen LogP contribution in [-0.2, 0) is 4.79 Å². The lowest BCUT2D eigenvalue weighted by molar-refractivity contribution is -0.131. The Kier molecular flexibility index (Phi) is 6.93. The van der Waals surface area contributed by atoms with Gasteiger partial charge in [0.25, 0.3) is 0 Å². The number of aromatic hydroxyl groups is 1. The van der Waals surface area contributed by atoms with Crippen LogP contribution in [0.15, 0.2) is 72.8 Å². The molecule has 1 fully saturated rings. The Labute approximate surface area is 185 Å². The molecule has 7 heteroatoms. The number of hydrogen-bond acceptors (Lipinski definition) is 3. The summed E-state index contributed by atoms with van der Waals surface area (Å²) in [5, 5.41) is 20.1. The monoisotopic (exact) mass is 445 g/mol. The van der Waals surface area contributed by atoms with Crippen molar-refractivity contribution in [3.63, 3.8) is 0 Å². The summed E-state index contributed by atoms with van der Waals surface area (Å²) in [5.41, 5.74) is 2.03. The average Bonchev–Trinajstić information content (AvgIpc) is 2.74. The maximum absolute atomic E-state index is 13.3.